The summed E-state index contributed by atoms with van der Waals surface area (Å²) in [6.45, 7) is 6.25. The van der Waals surface area contributed by atoms with Crippen LogP contribution >= 0.6 is 0 Å². The molecule has 2 aliphatic heterocycles. The summed E-state index contributed by atoms with van der Waals surface area (Å²) in [6.07, 6.45) is 5.18. The summed E-state index contributed by atoms with van der Waals surface area (Å²) in [5, 5.41) is 2.70. The Kier molecular flexibility index (Phi) is 4.24. The number of hydrogen-bond donors (Lipinski definition) is 1. The van der Waals surface area contributed by atoms with E-state index in [1.807, 2.05) is 6.92 Å². The molecule has 0 aromatic carbocycles. The Morgan fingerprint density at radius 2 is 2.42 bits per heavy atom. The van der Waals surface area contributed by atoms with Crippen molar-refractivity contribution < 1.29 is 19.1 Å². The van der Waals surface area contributed by atoms with Crippen LogP contribution < -0.4 is 5.32 Å². The van der Waals surface area contributed by atoms with Gasteiger partial charge in [-0.3, -0.25) is 9.59 Å². The Bertz CT molecular complexity index is 376. The number of nitrogens with one attached hydrogen (secondary N) is 1. The largest absolute Gasteiger partial charge is 0.435 e. The van der Waals surface area contributed by atoms with Gasteiger partial charge in [-0.2, -0.15) is 0 Å². The van der Waals surface area contributed by atoms with E-state index in [1.165, 1.54) is 6.08 Å². The summed E-state index contributed by atoms with van der Waals surface area (Å²) in [6, 6.07) is 0. The fraction of sp³-hybridized carbons (Fsp3) is 0.714. The van der Waals surface area contributed by atoms with Gasteiger partial charge in [0.15, 0.2) is 5.54 Å². The maximum absolute atomic E-state index is 12.3. The molecule has 1 amide bonds. The summed E-state index contributed by atoms with van der Waals surface area (Å²) in [4.78, 5) is 23.8. The van der Waals surface area contributed by atoms with Crippen LogP contribution in [0.3, 0.4) is 0 Å². The van der Waals surface area contributed by atoms with Crippen molar-refractivity contribution in [2.24, 2.45) is 5.92 Å². The van der Waals surface area contributed by atoms with E-state index in [9.17, 15) is 9.59 Å². The van der Waals surface area contributed by atoms with E-state index in [0.29, 0.717) is 13.0 Å². The summed E-state index contributed by atoms with van der Waals surface area (Å²) >= 11 is 0. The molecule has 0 radical (unpaired) electrons. The zero-order valence-electron chi connectivity index (χ0n) is 11.3. The number of carbonyl (C=O) groups is 2. The molecule has 2 aliphatic rings. The zero-order chi connectivity index (χ0) is 13.9. The van der Waals surface area contributed by atoms with Crippen molar-refractivity contribution in [3.63, 3.8) is 0 Å². The summed E-state index contributed by atoms with van der Waals surface area (Å²) in [7, 11) is 0. The molecule has 0 aromatic heterocycles. The molecule has 2 fully saturated rings. The summed E-state index contributed by atoms with van der Waals surface area (Å²) in [5.41, 5.74) is -0.915. The normalized spacial score (nSPS) is 31.2. The fourth-order valence-corrected chi connectivity index (χ4v) is 2.52. The standard InChI is InChI=1S/C14H21NO4/c1-3-7-10(14(4-2)13(17)15-14)12(16)19-11-8-5-6-9-18-11/h4,10-11H,2-3,5-9H2,1H3,(H,15,17). The van der Waals surface area contributed by atoms with Crippen molar-refractivity contribution in [2.45, 2.75) is 50.9 Å². The van der Waals surface area contributed by atoms with Crippen LogP contribution in [-0.4, -0.2) is 30.3 Å². The second-order valence-electron chi connectivity index (χ2n) is 5.10. The lowest BCUT2D eigenvalue weighted by molar-refractivity contribution is -0.192. The first-order chi connectivity index (χ1) is 9.14. The van der Waals surface area contributed by atoms with Crippen molar-refractivity contribution >= 4 is 11.9 Å². The van der Waals surface area contributed by atoms with Gasteiger partial charge in [0.1, 0.15) is 0 Å². The number of carbonyl (C=O) groups excluding carboxylic acids is 2. The first kappa shape index (κ1) is 14.1. The van der Waals surface area contributed by atoms with Gasteiger partial charge in [0.2, 0.25) is 6.29 Å². The molecule has 5 nitrogen and oxygen atoms in total. The molecule has 5 heteroatoms. The Morgan fingerprint density at radius 1 is 1.68 bits per heavy atom. The second kappa shape index (κ2) is 5.74. The third-order valence-corrected chi connectivity index (χ3v) is 3.75. The Balaban J connectivity index is 2.00. The summed E-state index contributed by atoms with van der Waals surface area (Å²) < 4.78 is 10.8. The Hall–Kier alpha value is -1.36. The van der Waals surface area contributed by atoms with E-state index in [2.05, 4.69) is 11.9 Å². The monoisotopic (exact) mass is 267 g/mol. The maximum Gasteiger partial charge on any atom is 0.314 e. The van der Waals surface area contributed by atoms with Crippen LogP contribution in [0.15, 0.2) is 12.7 Å². The average Bonchev–Trinajstić information content (AvgIpc) is 3.08. The highest BCUT2D eigenvalue weighted by Crippen LogP contribution is 2.35. The van der Waals surface area contributed by atoms with E-state index in [4.69, 9.17) is 9.47 Å². The molecule has 0 bridgehead atoms. The van der Waals surface area contributed by atoms with Crippen molar-refractivity contribution in [3.05, 3.63) is 12.7 Å². The molecule has 19 heavy (non-hydrogen) atoms. The molecule has 0 aromatic rings. The van der Waals surface area contributed by atoms with Gasteiger partial charge in [-0.25, -0.2) is 0 Å². The lowest BCUT2D eigenvalue weighted by Gasteiger charge is -2.26. The van der Waals surface area contributed by atoms with Crippen LogP contribution in [0.4, 0.5) is 0 Å². The molecule has 3 atom stereocenters. The molecule has 2 rings (SSSR count). The van der Waals surface area contributed by atoms with E-state index >= 15 is 0 Å². The third-order valence-electron chi connectivity index (χ3n) is 3.75. The third kappa shape index (κ3) is 2.81. The maximum atomic E-state index is 12.3. The van der Waals surface area contributed by atoms with Crippen LogP contribution in [0.25, 0.3) is 0 Å². The Labute approximate surface area is 113 Å². The quantitative estimate of drug-likeness (QED) is 0.450. The number of esters is 1. The van der Waals surface area contributed by atoms with Gasteiger partial charge in [0, 0.05) is 6.42 Å². The molecular formula is C14H21NO4. The number of hydrogen-bond acceptors (Lipinski definition) is 4. The van der Waals surface area contributed by atoms with Gasteiger partial charge in [0.05, 0.1) is 12.5 Å². The number of amides is 1. The molecule has 0 aliphatic carbocycles. The van der Waals surface area contributed by atoms with Gasteiger partial charge in [0.25, 0.3) is 5.91 Å². The molecule has 0 spiro atoms. The van der Waals surface area contributed by atoms with Crippen LogP contribution in [0, 0.1) is 5.92 Å². The highest BCUT2D eigenvalue weighted by atomic mass is 16.7. The Morgan fingerprint density at radius 3 is 2.89 bits per heavy atom. The molecule has 2 heterocycles. The minimum atomic E-state index is -0.915. The predicted octanol–water partition coefficient (Wildman–Crippen LogP) is 1.53. The van der Waals surface area contributed by atoms with Crippen LogP contribution in [-0.2, 0) is 19.1 Å². The lowest BCUT2D eigenvalue weighted by atomic mass is 9.88. The first-order valence-electron chi connectivity index (χ1n) is 6.92. The molecule has 1 N–H and O–H groups in total. The second-order valence-corrected chi connectivity index (χ2v) is 5.10. The predicted molar refractivity (Wildman–Crippen MR) is 69.2 cm³/mol. The van der Waals surface area contributed by atoms with Gasteiger partial charge in [-0.15, -0.1) is 6.58 Å². The van der Waals surface area contributed by atoms with Gasteiger partial charge in [-0.1, -0.05) is 19.4 Å². The minimum absolute atomic E-state index is 0.150. The van der Waals surface area contributed by atoms with Crippen molar-refractivity contribution in [2.75, 3.05) is 6.61 Å². The van der Waals surface area contributed by atoms with Crippen LogP contribution in [0.2, 0.25) is 0 Å². The highest BCUT2D eigenvalue weighted by Gasteiger charge is 2.59. The summed E-state index contributed by atoms with van der Waals surface area (Å²) in [5.74, 6) is -1.03. The van der Waals surface area contributed by atoms with E-state index in [-0.39, 0.29) is 11.9 Å². The molecule has 106 valence electrons. The van der Waals surface area contributed by atoms with Crippen LogP contribution in [0.5, 0.6) is 0 Å². The number of ether oxygens (including phenoxy) is 2. The van der Waals surface area contributed by atoms with Crippen molar-refractivity contribution in [1.29, 1.82) is 0 Å². The molecular weight excluding hydrogens is 246 g/mol. The highest BCUT2D eigenvalue weighted by molar-refractivity contribution is 6.08. The smallest absolute Gasteiger partial charge is 0.314 e. The van der Waals surface area contributed by atoms with E-state index < -0.39 is 17.7 Å². The zero-order valence-corrected chi connectivity index (χ0v) is 11.3. The minimum Gasteiger partial charge on any atom is -0.435 e. The molecule has 3 unspecified atom stereocenters. The average molecular weight is 267 g/mol. The van der Waals surface area contributed by atoms with Crippen LogP contribution in [0.1, 0.15) is 39.0 Å². The van der Waals surface area contributed by atoms with Crippen molar-refractivity contribution in [3.8, 4) is 0 Å². The van der Waals surface area contributed by atoms with Crippen molar-refractivity contribution in [1.82, 2.24) is 5.32 Å². The molecule has 2 saturated heterocycles. The fourth-order valence-electron chi connectivity index (χ4n) is 2.52. The van der Waals surface area contributed by atoms with E-state index in [0.717, 1.165) is 25.7 Å². The topological polar surface area (TPSA) is 74.5 Å². The number of rotatable bonds is 6. The van der Waals surface area contributed by atoms with E-state index in [1.54, 1.807) is 0 Å². The van der Waals surface area contributed by atoms with Gasteiger partial charge < -0.3 is 14.8 Å². The SMILES string of the molecule is C=CC1(C(CCC)C(=O)OC2CCCCO2)NC1=O. The molecule has 0 saturated carbocycles. The lowest BCUT2D eigenvalue weighted by Crippen LogP contribution is -2.37. The van der Waals surface area contributed by atoms with Gasteiger partial charge in [-0.05, 0) is 19.3 Å². The van der Waals surface area contributed by atoms with Gasteiger partial charge >= 0.3 is 5.97 Å². The first-order valence-corrected chi connectivity index (χ1v) is 6.92.